The van der Waals surface area contributed by atoms with E-state index >= 15 is 0 Å². The van der Waals surface area contributed by atoms with Crippen molar-refractivity contribution in [2.45, 2.75) is 13.1 Å². The number of rotatable bonds is 2. The topological polar surface area (TPSA) is 17.1 Å². The highest BCUT2D eigenvalue weighted by atomic mass is 19.4. The molecule has 0 saturated carbocycles. The van der Waals surface area contributed by atoms with Gasteiger partial charge in [-0.2, -0.15) is 13.2 Å². The molecule has 2 aromatic carbocycles. The van der Waals surface area contributed by atoms with Gasteiger partial charge in [0.25, 0.3) is 0 Å². The van der Waals surface area contributed by atoms with Gasteiger partial charge in [0.1, 0.15) is 0 Å². The lowest BCUT2D eigenvalue weighted by Crippen LogP contribution is -2.08. The van der Waals surface area contributed by atoms with Crippen LogP contribution in [-0.4, -0.2) is 5.78 Å². The number of hydrogen-bond acceptors (Lipinski definition) is 1. The maximum Gasteiger partial charge on any atom is 0.416 e. The first-order chi connectivity index (χ1) is 8.88. The Hall–Kier alpha value is -2.10. The highest BCUT2D eigenvalue weighted by Gasteiger charge is 2.30. The fourth-order valence-corrected chi connectivity index (χ4v) is 1.79. The summed E-state index contributed by atoms with van der Waals surface area (Å²) >= 11 is 0. The quantitative estimate of drug-likeness (QED) is 0.741. The average Bonchev–Trinajstić information content (AvgIpc) is 2.37. The minimum absolute atomic E-state index is 0.0421. The number of carbonyl (C=O) groups excluding carboxylic acids is 1. The van der Waals surface area contributed by atoms with Gasteiger partial charge < -0.3 is 0 Å². The molecule has 0 aromatic heterocycles. The standard InChI is InChI=1S/C15H11F3O/c1-10-4-2-5-11(8-10)14(19)12-6-3-7-13(9-12)15(16,17)18/h2-9H,1H3. The summed E-state index contributed by atoms with van der Waals surface area (Å²) in [6.07, 6.45) is -4.44. The second-order valence-electron chi connectivity index (χ2n) is 4.28. The molecule has 2 aromatic rings. The summed E-state index contributed by atoms with van der Waals surface area (Å²) in [5, 5.41) is 0. The summed E-state index contributed by atoms with van der Waals surface area (Å²) in [5.74, 6) is -0.408. The molecule has 0 aliphatic heterocycles. The van der Waals surface area contributed by atoms with E-state index in [-0.39, 0.29) is 5.56 Å². The molecule has 0 unspecified atom stereocenters. The molecule has 19 heavy (non-hydrogen) atoms. The van der Waals surface area contributed by atoms with Gasteiger partial charge in [-0.3, -0.25) is 4.79 Å². The Labute approximate surface area is 108 Å². The van der Waals surface area contributed by atoms with Crippen LogP contribution in [0.25, 0.3) is 0 Å². The molecule has 4 heteroatoms. The first-order valence-corrected chi connectivity index (χ1v) is 5.66. The summed E-state index contributed by atoms with van der Waals surface area (Å²) in [7, 11) is 0. The summed E-state index contributed by atoms with van der Waals surface area (Å²) in [6, 6.07) is 11.2. The Balaban J connectivity index is 2.40. The van der Waals surface area contributed by atoms with E-state index in [1.165, 1.54) is 12.1 Å². The zero-order valence-electron chi connectivity index (χ0n) is 10.2. The van der Waals surface area contributed by atoms with Gasteiger partial charge in [0.05, 0.1) is 5.56 Å². The van der Waals surface area contributed by atoms with Crippen LogP contribution in [-0.2, 0) is 6.18 Å². The van der Waals surface area contributed by atoms with Crippen molar-refractivity contribution < 1.29 is 18.0 Å². The van der Waals surface area contributed by atoms with Crippen LogP contribution >= 0.6 is 0 Å². The van der Waals surface area contributed by atoms with Crippen molar-refractivity contribution >= 4 is 5.78 Å². The van der Waals surface area contributed by atoms with Crippen molar-refractivity contribution in [2.24, 2.45) is 0 Å². The molecule has 0 bridgehead atoms. The maximum absolute atomic E-state index is 12.6. The molecule has 1 nitrogen and oxygen atoms in total. The van der Waals surface area contributed by atoms with E-state index < -0.39 is 17.5 Å². The first-order valence-electron chi connectivity index (χ1n) is 5.66. The second kappa shape index (κ2) is 4.88. The Morgan fingerprint density at radius 3 is 2.11 bits per heavy atom. The molecule has 0 saturated heterocycles. The number of benzene rings is 2. The molecule has 0 amide bonds. The van der Waals surface area contributed by atoms with Crippen LogP contribution in [0, 0.1) is 6.92 Å². The largest absolute Gasteiger partial charge is 0.416 e. The summed E-state index contributed by atoms with van der Waals surface area (Å²) in [6.45, 7) is 1.82. The fourth-order valence-electron chi connectivity index (χ4n) is 1.79. The highest BCUT2D eigenvalue weighted by molar-refractivity contribution is 6.09. The number of hydrogen-bond donors (Lipinski definition) is 0. The molecule has 2 rings (SSSR count). The van der Waals surface area contributed by atoms with Crippen molar-refractivity contribution in [3.05, 3.63) is 70.8 Å². The number of carbonyl (C=O) groups is 1. The molecule has 0 fully saturated rings. The van der Waals surface area contributed by atoms with Gasteiger partial charge in [0.2, 0.25) is 0 Å². The second-order valence-corrected chi connectivity index (χ2v) is 4.28. The lowest BCUT2D eigenvalue weighted by atomic mass is 10.00. The smallest absolute Gasteiger partial charge is 0.289 e. The van der Waals surface area contributed by atoms with Crippen LogP contribution in [0.3, 0.4) is 0 Å². The maximum atomic E-state index is 12.6. The van der Waals surface area contributed by atoms with Crippen molar-refractivity contribution in [3.8, 4) is 0 Å². The lowest BCUT2D eigenvalue weighted by Gasteiger charge is -2.08. The van der Waals surface area contributed by atoms with Gasteiger partial charge in [-0.15, -0.1) is 0 Å². The lowest BCUT2D eigenvalue weighted by molar-refractivity contribution is -0.137. The van der Waals surface area contributed by atoms with Crippen LogP contribution in [0.1, 0.15) is 27.0 Å². The van der Waals surface area contributed by atoms with Gasteiger partial charge in [0.15, 0.2) is 5.78 Å². The Morgan fingerprint density at radius 1 is 0.947 bits per heavy atom. The molecular formula is C15H11F3O. The molecule has 0 spiro atoms. The van der Waals surface area contributed by atoms with Crippen molar-refractivity contribution in [3.63, 3.8) is 0 Å². The van der Waals surface area contributed by atoms with Crippen LogP contribution in [0.5, 0.6) is 0 Å². The Kier molecular flexibility index (Phi) is 3.42. The molecular weight excluding hydrogens is 253 g/mol. The molecule has 0 N–H and O–H groups in total. The minimum Gasteiger partial charge on any atom is -0.289 e. The Morgan fingerprint density at radius 2 is 1.53 bits per heavy atom. The third-order valence-electron chi connectivity index (χ3n) is 2.73. The third-order valence-corrected chi connectivity index (χ3v) is 2.73. The van der Waals surface area contributed by atoms with Gasteiger partial charge in [-0.05, 0) is 25.1 Å². The summed E-state index contributed by atoms with van der Waals surface area (Å²) in [5.41, 5.74) is 0.503. The van der Waals surface area contributed by atoms with E-state index in [0.717, 1.165) is 17.7 Å². The predicted octanol–water partition coefficient (Wildman–Crippen LogP) is 4.24. The van der Waals surface area contributed by atoms with Crippen molar-refractivity contribution in [1.82, 2.24) is 0 Å². The molecule has 0 heterocycles. The van der Waals surface area contributed by atoms with Gasteiger partial charge >= 0.3 is 6.18 Å². The summed E-state index contributed by atoms with van der Waals surface area (Å²) < 4.78 is 37.8. The Bertz CT molecular complexity index is 615. The van der Waals surface area contributed by atoms with Crippen molar-refractivity contribution in [2.75, 3.05) is 0 Å². The van der Waals surface area contributed by atoms with Crippen LogP contribution in [0.4, 0.5) is 13.2 Å². The highest BCUT2D eigenvalue weighted by Crippen LogP contribution is 2.30. The van der Waals surface area contributed by atoms with Crippen LogP contribution in [0.2, 0.25) is 0 Å². The fraction of sp³-hybridized carbons (Fsp3) is 0.133. The van der Waals surface area contributed by atoms with Crippen LogP contribution < -0.4 is 0 Å². The van der Waals surface area contributed by atoms with E-state index in [4.69, 9.17) is 0 Å². The monoisotopic (exact) mass is 264 g/mol. The predicted molar refractivity (Wildman–Crippen MR) is 66.1 cm³/mol. The number of aryl methyl sites for hydroxylation is 1. The van der Waals surface area contributed by atoms with E-state index in [2.05, 4.69) is 0 Å². The molecule has 0 atom stereocenters. The normalized spacial score (nSPS) is 11.4. The molecule has 0 radical (unpaired) electrons. The summed E-state index contributed by atoms with van der Waals surface area (Å²) in [4.78, 5) is 12.1. The zero-order valence-corrected chi connectivity index (χ0v) is 10.2. The third kappa shape index (κ3) is 3.02. The molecule has 0 aliphatic carbocycles. The number of ketones is 1. The van der Waals surface area contributed by atoms with Crippen molar-refractivity contribution in [1.29, 1.82) is 0 Å². The van der Waals surface area contributed by atoms with E-state index in [1.807, 2.05) is 13.0 Å². The minimum atomic E-state index is -4.44. The van der Waals surface area contributed by atoms with Gasteiger partial charge in [0, 0.05) is 11.1 Å². The first kappa shape index (κ1) is 13.3. The zero-order chi connectivity index (χ0) is 14.0. The van der Waals surface area contributed by atoms with E-state index in [0.29, 0.717) is 5.56 Å². The van der Waals surface area contributed by atoms with Gasteiger partial charge in [-0.1, -0.05) is 35.9 Å². The molecule has 0 aliphatic rings. The van der Waals surface area contributed by atoms with Gasteiger partial charge in [-0.25, -0.2) is 0 Å². The average molecular weight is 264 g/mol. The SMILES string of the molecule is Cc1cccc(C(=O)c2cccc(C(F)(F)F)c2)c1. The number of alkyl halides is 3. The molecule has 98 valence electrons. The van der Waals surface area contributed by atoms with E-state index in [9.17, 15) is 18.0 Å². The van der Waals surface area contributed by atoms with E-state index in [1.54, 1.807) is 18.2 Å². The number of halogens is 3. The van der Waals surface area contributed by atoms with Crippen LogP contribution in [0.15, 0.2) is 48.5 Å².